The fraction of sp³-hybridized carbons (Fsp3) is 0.0769. The van der Waals surface area contributed by atoms with Gasteiger partial charge in [-0.3, -0.25) is 9.67 Å². The van der Waals surface area contributed by atoms with Crippen molar-refractivity contribution >= 4 is 34.1 Å². The van der Waals surface area contributed by atoms with Crippen molar-refractivity contribution in [2.75, 3.05) is 0 Å². The molecule has 0 fully saturated rings. The van der Waals surface area contributed by atoms with Crippen LogP contribution in [0.25, 0.3) is 22.2 Å². The Morgan fingerprint density at radius 2 is 2.00 bits per heavy atom. The number of pyridine rings is 1. The lowest BCUT2D eigenvalue weighted by Crippen LogP contribution is -1.89. The summed E-state index contributed by atoms with van der Waals surface area (Å²) in [6.45, 7) is 0. The lowest BCUT2D eigenvalue weighted by atomic mass is 10.1. The van der Waals surface area contributed by atoms with E-state index in [0.717, 1.165) is 22.2 Å². The van der Waals surface area contributed by atoms with Crippen LogP contribution in [0.4, 0.5) is 0 Å². The van der Waals surface area contributed by atoms with Crippen LogP contribution in [-0.4, -0.2) is 14.8 Å². The van der Waals surface area contributed by atoms with Gasteiger partial charge in [0.25, 0.3) is 0 Å². The molecule has 3 rings (SSSR count). The topological polar surface area (TPSA) is 30.7 Å². The van der Waals surface area contributed by atoms with Crippen LogP contribution in [0.5, 0.6) is 0 Å². The van der Waals surface area contributed by atoms with Crippen molar-refractivity contribution in [3.63, 3.8) is 0 Å². The maximum absolute atomic E-state index is 6.21. The van der Waals surface area contributed by atoms with Crippen molar-refractivity contribution in [2.45, 2.75) is 0 Å². The summed E-state index contributed by atoms with van der Waals surface area (Å²) in [5.74, 6) is 0. The first-order valence-electron chi connectivity index (χ1n) is 5.39. The Hall–Kier alpha value is -1.58. The molecule has 0 aliphatic rings. The van der Waals surface area contributed by atoms with Crippen LogP contribution in [0.2, 0.25) is 10.0 Å². The van der Waals surface area contributed by atoms with Crippen LogP contribution in [0, 0.1) is 0 Å². The van der Waals surface area contributed by atoms with Crippen LogP contribution in [-0.2, 0) is 7.05 Å². The van der Waals surface area contributed by atoms with Crippen molar-refractivity contribution in [3.8, 4) is 11.3 Å². The summed E-state index contributed by atoms with van der Waals surface area (Å²) in [7, 11) is 1.88. The molecule has 0 spiro atoms. The van der Waals surface area contributed by atoms with E-state index in [4.69, 9.17) is 23.2 Å². The van der Waals surface area contributed by atoms with E-state index < -0.39 is 0 Å². The van der Waals surface area contributed by atoms with E-state index in [2.05, 4.69) is 10.1 Å². The fourth-order valence-electron chi connectivity index (χ4n) is 1.94. The molecule has 0 atom stereocenters. The maximum atomic E-state index is 6.21. The lowest BCUT2D eigenvalue weighted by molar-refractivity contribution is 0.779. The monoisotopic (exact) mass is 277 g/mol. The van der Waals surface area contributed by atoms with Crippen molar-refractivity contribution in [1.82, 2.24) is 14.8 Å². The second-order valence-electron chi connectivity index (χ2n) is 4.02. The molecule has 0 saturated carbocycles. The molecule has 0 unspecified atom stereocenters. The highest BCUT2D eigenvalue weighted by Gasteiger charge is 2.11. The number of halogens is 2. The summed E-state index contributed by atoms with van der Waals surface area (Å²) >= 11 is 12.1. The molecule has 0 radical (unpaired) electrons. The zero-order valence-corrected chi connectivity index (χ0v) is 11.1. The zero-order chi connectivity index (χ0) is 12.7. The summed E-state index contributed by atoms with van der Waals surface area (Å²) in [5.41, 5.74) is 2.45. The number of aromatic nitrogens is 3. The first-order valence-corrected chi connectivity index (χ1v) is 6.14. The van der Waals surface area contributed by atoms with E-state index in [1.807, 2.05) is 25.4 Å². The summed E-state index contributed by atoms with van der Waals surface area (Å²) < 4.78 is 1.76. The van der Waals surface area contributed by atoms with Gasteiger partial charge in [-0.25, -0.2) is 0 Å². The molecule has 3 aromatic rings. The molecule has 1 aromatic carbocycles. The molecule has 90 valence electrons. The average Bonchev–Trinajstić information content (AvgIpc) is 2.69. The zero-order valence-electron chi connectivity index (χ0n) is 9.56. The quantitative estimate of drug-likeness (QED) is 0.675. The predicted octanol–water partition coefficient (Wildman–Crippen LogP) is 3.94. The number of aryl methyl sites for hydroxylation is 1. The standard InChI is InChI=1S/C13H9Cl2N3/c1-18-7-8-4-5-16-13(12(8)17-18)10-3-2-9(14)6-11(10)15/h2-7H,1H3. The van der Waals surface area contributed by atoms with Crippen molar-refractivity contribution in [3.05, 3.63) is 46.7 Å². The Morgan fingerprint density at radius 1 is 1.17 bits per heavy atom. The largest absolute Gasteiger partial charge is 0.275 e. The second-order valence-corrected chi connectivity index (χ2v) is 4.87. The van der Waals surface area contributed by atoms with Gasteiger partial charge >= 0.3 is 0 Å². The van der Waals surface area contributed by atoms with Crippen LogP contribution >= 0.6 is 23.2 Å². The predicted molar refractivity (Wildman–Crippen MR) is 74.0 cm³/mol. The van der Waals surface area contributed by atoms with Crippen molar-refractivity contribution < 1.29 is 0 Å². The molecule has 0 bridgehead atoms. The molecule has 0 aliphatic carbocycles. The molecule has 2 heterocycles. The highest BCUT2D eigenvalue weighted by atomic mass is 35.5. The first-order chi connectivity index (χ1) is 8.65. The van der Waals surface area contributed by atoms with Crippen LogP contribution in [0.15, 0.2) is 36.7 Å². The first kappa shape index (κ1) is 11.5. The minimum Gasteiger partial charge on any atom is -0.275 e. The molecule has 3 nitrogen and oxygen atoms in total. The van der Waals surface area contributed by atoms with Crippen LogP contribution in [0.3, 0.4) is 0 Å². The summed E-state index contributed by atoms with van der Waals surface area (Å²) in [5, 5.41) is 6.64. The molecular formula is C13H9Cl2N3. The van der Waals surface area contributed by atoms with Gasteiger partial charge in [-0.15, -0.1) is 0 Å². The smallest absolute Gasteiger partial charge is 0.119 e. The third kappa shape index (κ3) is 1.85. The van der Waals surface area contributed by atoms with Gasteiger partial charge in [0.2, 0.25) is 0 Å². The third-order valence-corrected chi connectivity index (χ3v) is 3.27. The number of hydrogen-bond donors (Lipinski definition) is 0. The van der Waals surface area contributed by atoms with E-state index in [1.54, 1.807) is 23.0 Å². The lowest BCUT2D eigenvalue weighted by Gasteiger charge is -2.04. The Bertz CT molecular complexity index is 734. The van der Waals surface area contributed by atoms with E-state index in [1.165, 1.54) is 0 Å². The molecule has 0 N–H and O–H groups in total. The van der Waals surface area contributed by atoms with E-state index in [9.17, 15) is 0 Å². The Labute approximate surface area is 114 Å². The average molecular weight is 278 g/mol. The van der Waals surface area contributed by atoms with E-state index in [-0.39, 0.29) is 0 Å². The third-order valence-electron chi connectivity index (χ3n) is 2.73. The van der Waals surface area contributed by atoms with E-state index in [0.29, 0.717) is 10.0 Å². The summed E-state index contributed by atoms with van der Waals surface area (Å²) in [6, 6.07) is 7.30. The summed E-state index contributed by atoms with van der Waals surface area (Å²) in [4.78, 5) is 4.38. The van der Waals surface area contributed by atoms with Gasteiger partial charge in [0.1, 0.15) is 5.52 Å². The molecular weight excluding hydrogens is 269 g/mol. The van der Waals surface area contributed by atoms with Crippen LogP contribution < -0.4 is 0 Å². The van der Waals surface area contributed by atoms with Gasteiger partial charge in [-0.05, 0) is 24.3 Å². The number of hydrogen-bond acceptors (Lipinski definition) is 2. The maximum Gasteiger partial charge on any atom is 0.119 e. The highest BCUT2D eigenvalue weighted by Crippen LogP contribution is 2.32. The highest BCUT2D eigenvalue weighted by molar-refractivity contribution is 6.36. The van der Waals surface area contributed by atoms with Gasteiger partial charge < -0.3 is 0 Å². The van der Waals surface area contributed by atoms with Crippen LogP contribution in [0.1, 0.15) is 0 Å². The molecule has 5 heteroatoms. The number of rotatable bonds is 1. The van der Waals surface area contributed by atoms with Gasteiger partial charge in [-0.1, -0.05) is 23.2 Å². The van der Waals surface area contributed by atoms with Gasteiger partial charge in [-0.2, -0.15) is 5.10 Å². The Kier molecular flexibility index (Phi) is 2.73. The number of nitrogens with zero attached hydrogens (tertiary/aromatic N) is 3. The molecule has 18 heavy (non-hydrogen) atoms. The minimum atomic E-state index is 0.577. The van der Waals surface area contributed by atoms with Crippen molar-refractivity contribution in [2.24, 2.45) is 7.05 Å². The van der Waals surface area contributed by atoms with Gasteiger partial charge in [0.05, 0.1) is 10.7 Å². The second kappa shape index (κ2) is 4.26. The Morgan fingerprint density at radius 3 is 2.78 bits per heavy atom. The summed E-state index contributed by atoms with van der Waals surface area (Å²) in [6.07, 6.45) is 3.70. The number of benzene rings is 1. The molecule has 0 saturated heterocycles. The van der Waals surface area contributed by atoms with Gasteiger partial charge in [0, 0.05) is 35.4 Å². The minimum absolute atomic E-state index is 0.577. The Balaban J connectivity index is 2.31. The molecule has 0 aliphatic heterocycles. The molecule has 0 amide bonds. The number of fused-ring (bicyclic) bond motifs is 1. The van der Waals surface area contributed by atoms with E-state index >= 15 is 0 Å². The normalized spacial score (nSPS) is 11.1. The van der Waals surface area contributed by atoms with Gasteiger partial charge in [0.15, 0.2) is 0 Å². The molecule has 2 aromatic heterocycles. The van der Waals surface area contributed by atoms with Crippen molar-refractivity contribution in [1.29, 1.82) is 0 Å². The SMILES string of the molecule is Cn1cc2ccnc(-c3ccc(Cl)cc3Cl)c2n1. The fourth-order valence-corrected chi connectivity index (χ4v) is 2.44.